The molecule has 6 nitrogen and oxygen atoms in total. The predicted molar refractivity (Wildman–Crippen MR) is 50.7 cm³/mol. The predicted octanol–water partition coefficient (Wildman–Crippen LogP) is 2.18. The fourth-order valence-electron chi connectivity index (χ4n) is 1.12. The van der Waals surface area contributed by atoms with Crippen LogP contribution in [0.5, 0.6) is 0 Å². The molecule has 0 aliphatic heterocycles. The minimum absolute atomic E-state index is 0.520. The molecule has 0 amide bonds. The maximum atomic E-state index is 12.5. The van der Waals surface area contributed by atoms with Crippen LogP contribution in [-0.4, -0.2) is 15.1 Å². The molecule has 1 heterocycles. The van der Waals surface area contributed by atoms with Gasteiger partial charge in [-0.15, -0.1) is 0 Å². The van der Waals surface area contributed by atoms with Crippen molar-refractivity contribution in [2.75, 3.05) is 0 Å². The molecule has 0 saturated heterocycles. The summed E-state index contributed by atoms with van der Waals surface area (Å²) in [6.45, 7) is 0. The number of hydrogen-bond donors (Lipinski definition) is 0. The van der Waals surface area contributed by atoms with E-state index in [0.717, 1.165) is 0 Å². The summed E-state index contributed by atoms with van der Waals surface area (Å²) >= 11 is 5.01. The van der Waals surface area contributed by atoms with Gasteiger partial charge in [-0.1, -0.05) is 0 Å². The molecule has 0 unspecified atom stereocenters. The van der Waals surface area contributed by atoms with Crippen LogP contribution in [0.2, 0.25) is 0 Å². The topological polar surface area (TPSA) is 96.9 Å². The van der Waals surface area contributed by atoms with Crippen molar-refractivity contribution in [1.82, 2.24) is 4.98 Å². The second-order valence-electron chi connectivity index (χ2n) is 2.73. The van der Waals surface area contributed by atoms with E-state index in [1.54, 1.807) is 0 Å². The van der Waals surface area contributed by atoms with Gasteiger partial charge in [-0.25, -0.2) is 13.8 Å². The number of carbonyl (C=O) groups excluding carboxylic acids is 1. The van der Waals surface area contributed by atoms with E-state index in [-0.39, 0.29) is 0 Å². The molecule has 0 bridgehead atoms. The van der Waals surface area contributed by atoms with Crippen LogP contribution in [0, 0.1) is 21.4 Å². The van der Waals surface area contributed by atoms with Crippen LogP contribution in [-0.2, 0) is 0 Å². The molecular weight excluding hydrogens is 260 g/mol. The highest BCUT2D eigenvalue weighted by molar-refractivity contribution is 6.67. The number of carbonyl (C=O) groups is 1. The Kier molecular flexibility index (Phi) is 3.65. The van der Waals surface area contributed by atoms with E-state index in [0.29, 0.717) is 6.20 Å². The molecule has 0 spiro atoms. The highest BCUT2D eigenvalue weighted by atomic mass is 35.5. The monoisotopic (exact) mass is 261 g/mol. The van der Waals surface area contributed by atoms with E-state index in [2.05, 4.69) is 4.98 Å². The third-order valence-corrected chi connectivity index (χ3v) is 1.98. The van der Waals surface area contributed by atoms with Gasteiger partial charge in [0.2, 0.25) is 5.69 Å². The van der Waals surface area contributed by atoms with Crippen molar-refractivity contribution in [2.24, 2.45) is 0 Å². The summed E-state index contributed by atoms with van der Waals surface area (Å²) in [6, 6.07) is 1.25. The zero-order chi connectivity index (χ0) is 13.2. The first kappa shape index (κ1) is 12.9. The summed E-state index contributed by atoms with van der Waals surface area (Å²) < 4.78 is 24.9. The molecule has 17 heavy (non-hydrogen) atoms. The third kappa shape index (κ3) is 2.34. The highest BCUT2D eigenvalue weighted by Gasteiger charge is 2.30. The summed E-state index contributed by atoms with van der Waals surface area (Å²) in [5.74, 6) is 0. The first-order valence-corrected chi connectivity index (χ1v) is 4.33. The molecule has 0 aromatic carbocycles. The first-order chi connectivity index (χ1) is 7.90. The van der Waals surface area contributed by atoms with E-state index >= 15 is 0 Å². The smallest absolute Gasteiger partial charge is 0.274 e. The zero-order valence-electron chi connectivity index (χ0n) is 7.85. The molecule has 1 aromatic rings. The second-order valence-corrected chi connectivity index (χ2v) is 3.07. The van der Waals surface area contributed by atoms with E-state index < -0.39 is 39.1 Å². The summed E-state index contributed by atoms with van der Waals surface area (Å²) in [5.41, 5.74) is -3.77. The van der Waals surface area contributed by atoms with Crippen molar-refractivity contribution < 1.29 is 18.5 Å². The Morgan fingerprint density at radius 3 is 2.59 bits per heavy atom. The van der Waals surface area contributed by atoms with Gasteiger partial charge in [-0.2, -0.15) is 5.26 Å². The number of nitro groups is 1. The molecule has 88 valence electrons. The van der Waals surface area contributed by atoms with Crippen molar-refractivity contribution in [3.8, 4) is 6.07 Å². The van der Waals surface area contributed by atoms with Gasteiger partial charge in [0.25, 0.3) is 11.7 Å². The van der Waals surface area contributed by atoms with Crippen molar-refractivity contribution in [1.29, 1.82) is 5.26 Å². The Bertz CT molecular complexity index is 542. The molecule has 0 aliphatic rings. The van der Waals surface area contributed by atoms with E-state index in [9.17, 15) is 23.7 Å². The van der Waals surface area contributed by atoms with E-state index in [4.69, 9.17) is 16.9 Å². The van der Waals surface area contributed by atoms with E-state index in [1.807, 2.05) is 0 Å². The third-order valence-electron chi connectivity index (χ3n) is 1.80. The summed E-state index contributed by atoms with van der Waals surface area (Å²) in [6.07, 6.45) is -2.60. The first-order valence-electron chi connectivity index (χ1n) is 3.95. The zero-order valence-corrected chi connectivity index (χ0v) is 8.61. The number of aromatic nitrogens is 1. The average Bonchev–Trinajstić information content (AvgIpc) is 2.26. The molecule has 0 atom stereocenters. The molecule has 9 heteroatoms. The average molecular weight is 262 g/mol. The molecule has 0 fully saturated rings. The van der Waals surface area contributed by atoms with Gasteiger partial charge < -0.3 is 0 Å². The molecule has 1 aromatic heterocycles. The van der Waals surface area contributed by atoms with Crippen molar-refractivity contribution in [3.05, 3.63) is 33.1 Å². The Morgan fingerprint density at radius 1 is 1.65 bits per heavy atom. The standard InChI is InChI=1S/C8H2ClF2N3O3/c9-7(15)5-6(14(16)17)3(1-12)4(2-13-5)8(10)11/h2,8H. The minimum Gasteiger partial charge on any atom is -0.274 e. The molecular formula is C8H2ClF2N3O3. The van der Waals surface area contributed by atoms with E-state index in [1.165, 1.54) is 6.07 Å². The maximum absolute atomic E-state index is 12.5. The lowest BCUT2D eigenvalue weighted by atomic mass is 10.1. The number of nitrogens with zero attached hydrogens (tertiary/aromatic N) is 3. The summed E-state index contributed by atoms with van der Waals surface area (Å²) in [4.78, 5) is 23.5. The molecule has 0 N–H and O–H groups in total. The van der Waals surface area contributed by atoms with Crippen LogP contribution in [0.15, 0.2) is 6.20 Å². The second kappa shape index (κ2) is 4.80. The largest absolute Gasteiger partial charge is 0.318 e. The number of halogens is 3. The van der Waals surface area contributed by atoms with Gasteiger partial charge >= 0.3 is 5.69 Å². The lowest BCUT2D eigenvalue weighted by molar-refractivity contribution is -0.385. The van der Waals surface area contributed by atoms with Crippen LogP contribution in [0.25, 0.3) is 0 Å². The molecule has 0 saturated carbocycles. The molecule has 1 rings (SSSR count). The van der Waals surface area contributed by atoms with Crippen LogP contribution in [0.3, 0.4) is 0 Å². The van der Waals surface area contributed by atoms with Gasteiger partial charge in [0.15, 0.2) is 0 Å². The Hall–Kier alpha value is -2.14. The minimum atomic E-state index is -3.12. The van der Waals surface area contributed by atoms with Gasteiger partial charge in [-0.05, 0) is 11.6 Å². The fourth-order valence-corrected chi connectivity index (χ4v) is 1.26. The number of nitriles is 1. The Balaban J connectivity index is 3.69. The van der Waals surface area contributed by atoms with Crippen molar-refractivity contribution in [2.45, 2.75) is 6.43 Å². The Labute approximate surface area is 97.6 Å². The molecule has 0 radical (unpaired) electrons. The summed E-state index contributed by atoms with van der Waals surface area (Å²) in [5, 5.41) is 18.0. The van der Waals surface area contributed by atoms with Crippen LogP contribution in [0.4, 0.5) is 14.5 Å². The van der Waals surface area contributed by atoms with Gasteiger partial charge in [0, 0.05) is 6.20 Å². The van der Waals surface area contributed by atoms with Crippen LogP contribution in [0.1, 0.15) is 28.0 Å². The van der Waals surface area contributed by atoms with Crippen LogP contribution >= 0.6 is 11.6 Å². The number of hydrogen-bond acceptors (Lipinski definition) is 5. The maximum Gasteiger partial charge on any atom is 0.318 e. The van der Waals surface area contributed by atoms with Gasteiger partial charge in [0.1, 0.15) is 11.6 Å². The normalized spacial score (nSPS) is 10.1. The van der Waals surface area contributed by atoms with Crippen molar-refractivity contribution in [3.63, 3.8) is 0 Å². The fraction of sp³-hybridized carbons (Fsp3) is 0.125. The molecule has 0 aliphatic carbocycles. The van der Waals surface area contributed by atoms with Gasteiger partial charge in [0.05, 0.1) is 10.5 Å². The number of pyridine rings is 1. The van der Waals surface area contributed by atoms with Crippen LogP contribution < -0.4 is 0 Å². The summed E-state index contributed by atoms with van der Waals surface area (Å²) in [7, 11) is 0. The Morgan fingerprint density at radius 2 is 2.24 bits per heavy atom. The van der Waals surface area contributed by atoms with Gasteiger partial charge in [-0.3, -0.25) is 14.9 Å². The lowest BCUT2D eigenvalue weighted by Gasteiger charge is -2.04. The SMILES string of the molecule is N#Cc1c(C(F)F)cnc(C(=O)Cl)c1[N+](=O)[O-]. The highest BCUT2D eigenvalue weighted by Crippen LogP contribution is 2.31. The number of alkyl halides is 2. The quantitative estimate of drug-likeness (QED) is 0.472. The lowest BCUT2D eigenvalue weighted by Crippen LogP contribution is -2.07. The van der Waals surface area contributed by atoms with Crippen molar-refractivity contribution >= 4 is 22.5 Å². The number of rotatable bonds is 3.